The van der Waals surface area contributed by atoms with Gasteiger partial charge in [-0.15, -0.1) is 0 Å². The van der Waals surface area contributed by atoms with E-state index in [0.717, 1.165) is 21.5 Å². The van der Waals surface area contributed by atoms with Crippen molar-refractivity contribution in [2.45, 2.75) is 0 Å². The second kappa shape index (κ2) is 11.1. The highest BCUT2D eigenvalue weighted by atomic mass is 79.9. The molecule has 0 atom stereocenters. The minimum absolute atomic E-state index is 0.0829. The maximum Gasteiger partial charge on any atom is 0.283 e. The largest absolute Gasteiger partial charge is 0.493 e. The maximum absolute atomic E-state index is 12.8. The van der Waals surface area contributed by atoms with Gasteiger partial charge in [0.05, 0.1) is 18.4 Å². The summed E-state index contributed by atoms with van der Waals surface area (Å²) >= 11 is 4.74. The van der Waals surface area contributed by atoms with Crippen LogP contribution in [0.25, 0.3) is 11.8 Å². The minimum atomic E-state index is -0.448. The average molecular weight is 576 g/mol. The molecule has 2 heterocycles. The van der Waals surface area contributed by atoms with E-state index in [2.05, 4.69) is 20.9 Å². The Morgan fingerprint density at radius 3 is 2.51 bits per heavy atom. The van der Waals surface area contributed by atoms with E-state index in [0.29, 0.717) is 35.4 Å². The van der Waals surface area contributed by atoms with Gasteiger partial charge in [0, 0.05) is 9.88 Å². The topological polar surface area (TPSA) is 84.2 Å². The number of amidine groups is 2. The van der Waals surface area contributed by atoms with Crippen molar-refractivity contribution in [2.75, 3.05) is 20.3 Å². The number of halogens is 1. The van der Waals surface area contributed by atoms with Gasteiger partial charge in [-0.2, -0.15) is 4.99 Å². The van der Waals surface area contributed by atoms with Gasteiger partial charge in [0.25, 0.3) is 5.91 Å². The smallest absolute Gasteiger partial charge is 0.283 e. The normalized spacial score (nSPS) is 15.8. The Balaban J connectivity index is 1.30. The molecule has 2 aliphatic rings. The van der Waals surface area contributed by atoms with Gasteiger partial charge in [0.2, 0.25) is 0 Å². The molecular formula is C28H22BrN3O4S. The van der Waals surface area contributed by atoms with Gasteiger partial charge in [-0.25, -0.2) is 0 Å². The second-order valence-corrected chi connectivity index (χ2v) is 9.74. The first-order chi connectivity index (χ1) is 18.0. The molecule has 2 aliphatic heterocycles. The number of methoxy groups -OCH3 is 1. The molecular weight excluding hydrogens is 554 g/mol. The summed E-state index contributed by atoms with van der Waals surface area (Å²) in [5.41, 5.74) is 2.66. The van der Waals surface area contributed by atoms with E-state index in [1.807, 2.05) is 66.1 Å². The Kier molecular flexibility index (Phi) is 7.43. The number of nitrogens with one attached hydrogen (secondary N) is 1. The third-order valence-electron chi connectivity index (χ3n) is 5.61. The zero-order valence-electron chi connectivity index (χ0n) is 19.8. The number of hydrogen-bond acceptors (Lipinski definition) is 6. The van der Waals surface area contributed by atoms with Crippen molar-refractivity contribution in [1.29, 1.82) is 5.41 Å². The Morgan fingerprint density at radius 2 is 1.76 bits per heavy atom. The third kappa shape index (κ3) is 5.47. The van der Waals surface area contributed by atoms with Crippen LogP contribution in [0.2, 0.25) is 0 Å². The van der Waals surface area contributed by atoms with Crippen molar-refractivity contribution in [1.82, 2.24) is 4.90 Å². The van der Waals surface area contributed by atoms with E-state index in [1.54, 1.807) is 30.2 Å². The van der Waals surface area contributed by atoms with Crippen molar-refractivity contribution < 1.29 is 19.0 Å². The van der Waals surface area contributed by atoms with Crippen molar-refractivity contribution in [3.8, 4) is 17.2 Å². The van der Waals surface area contributed by atoms with Gasteiger partial charge < -0.3 is 14.2 Å². The lowest BCUT2D eigenvalue weighted by molar-refractivity contribution is -0.114. The van der Waals surface area contributed by atoms with Crippen LogP contribution in [0.1, 0.15) is 11.1 Å². The number of amides is 1. The highest BCUT2D eigenvalue weighted by molar-refractivity contribution is 9.10. The van der Waals surface area contributed by atoms with Crippen LogP contribution in [0.5, 0.6) is 17.2 Å². The molecule has 5 rings (SSSR count). The van der Waals surface area contributed by atoms with E-state index >= 15 is 0 Å². The second-order valence-electron chi connectivity index (χ2n) is 7.99. The van der Waals surface area contributed by atoms with Crippen molar-refractivity contribution >= 4 is 56.4 Å². The molecule has 1 N–H and O–H groups in total. The monoisotopic (exact) mass is 575 g/mol. The van der Waals surface area contributed by atoms with E-state index < -0.39 is 5.91 Å². The molecule has 0 saturated carbocycles. The summed E-state index contributed by atoms with van der Waals surface area (Å²) in [6.45, 7) is 0.697. The zero-order chi connectivity index (χ0) is 25.8. The summed E-state index contributed by atoms with van der Waals surface area (Å²) < 4.78 is 18.0. The standard InChI is InChI=1S/C28H22BrN3O4S/c1-34-25-16-18(7-12-24(25)36-14-13-35-21-10-8-20(29)9-11-21)15-22-26(30)32-23(19-5-3-2-4-6-19)17-37-28(32)31-27(22)33/h2-12,15-17,30H,13-14H2,1H3. The highest BCUT2D eigenvalue weighted by Crippen LogP contribution is 2.37. The number of thioether (sulfide) groups is 1. The molecule has 0 saturated heterocycles. The van der Waals surface area contributed by atoms with Gasteiger partial charge in [-0.1, -0.05) is 64.1 Å². The SMILES string of the molecule is COc1cc(C=C2C(=N)N3C(c4ccccc4)=CSC3=NC2=O)ccc1OCCOc1ccc(Br)cc1. The molecule has 37 heavy (non-hydrogen) atoms. The fourth-order valence-electron chi connectivity index (χ4n) is 3.82. The fourth-order valence-corrected chi connectivity index (χ4v) is 4.97. The number of aliphatic imine (C=N–C) groups is 1. The van der Waals surface area contributed by atoms with Crippen LogP contribution < -0.4 is 14.2 Å². The molecule has 9 heteroatoms. The third-order valence-corrected chi connectivity index (χ3v) is 6.96. The Labute approximate surface area is 227 Å². The summed E-state index contributed by atoms with van der Waals surface area (Å²) in [7, 11) is 1.56. The van der Waals surface area contributed by atoms with E-state index in [4.69, 9.17) is 19.6 Å². The van der Waals surface area contributed by atoms with Crippen LogP contribution in [-0.4, -0.2) is 42.1 Å². The van der Waals surface area contributed by atoms with Crippen LogP contribution in [0.15, 0.2) is 93.2 Å². The van der Waals surface area contributed by atoms with Gasteiger partial charge in [0.1, 0.15) is 24.8 Å². The Bertz CT molecular complexity index is 1440. The number of carbonyl (C=O) groups is 1. The van der Waals surface area contributed by atoms with Crippen molar-refractivity contribution in [3.05, 3.63) is 99.4 Å². The van der Waals surface area contributed by atoms with Gasteiger partial charge in [-0.3, -0.25) is 15.1 Å². The van der Waals surface area contributed by atoms with Crippen LogP contribution in [-0.2, 0) is 4.79 Å². The lowest BCUT2D eigenvalue weighted by Crippen LogP contribution is -2.38. The Hall–Kier alpha value is -3.82. The van der Waals surface area contributed by atoms with E-state index in [-0.39, 0.29) is 11.4 Å². The number of ether oxygens (including phenoxy) is 3. The highest BCUT2D eigenvalue weighted by Gasteiger charge is 2.36. The number of carbonyl (C=O) groups excluding carboxylic acids is 1. The summed E-state index contributed by atoms with van der Waals surface area (Å²) in [5, 5.41) is 11.2. The molecule has 7 nitrogen and oxygen atoms in total. The van der Waals surface area contributed by atoms with Crippen LogP contribution >= 0.6 is 27.7 Å². The van der Waals surface area contributed by atoms with E-state index in [1.165, 1.54) is 11.8 Å². The molecule has 3 aromatic carbocycles. The van der Waals surface area contributed by atoms with Crippen LogP contribution in [0.3, 0.4) is 0 Å². The lowest BCUT2D eigenvalue weighted by atomic mass is 10.1. The number of hydrogen-bond donors (Lipinski definition) is 1. The first-order valence-corrected chi connectivity index (χ1v) is 13.1. The predicted octanol–water partition coefficient (Wildman–Crippen LogP) is 6.22. The van der Waals surface area contributed by atoms with Gasteiger partial charge >= 0.3 is 0 Å². The number of fused-ring (bicyclic) bond motifs is 1. The molecule has 0 bridgehead atoms. The minimum Gasteiger partial charge on any atom is -0.493 e. The predicted molar refractivity (Wildman–Crippen MR) is 150 cm³/mol. The van der Waals surface area contributed by atoms with Crippen LogP contribution in [0.4, 0.5) is 0 Å². The molecule has 0 aromatic heterocycles. The number of benzene rings is 3. The van der Waals surface area contributed by atoms with Gasteiger partial charge in [-0.05, 0) is 53.6 Å². The average Bonchev–Trinajstić information content (AvgIpc) is 3.35. The number of nitrogens with zero attached hydrogens (tertiary/aromatic N) is 2. The molecule has 0 spiro atoms. The summed E-state index contributed by atoms with van der Waals surface area (Å²) in [4.78, 5) is 18.7. The summed E-state index contributed by atoms with van der Waals surface area (Å²) in [5.74, 6) is 1.46. The molecule has 186 valence electrons. The van der Waals surface area contributed by atoms with Crippen molar-refractivity contribution in [3.63, 3.8) is 0 Å². The zero-order valence-corrected chi connectivity index (χ0v) is 22.2. The summed E-state index contributed by atoms with van der Waals surface area (Å²) in [6.07, 6.45) is 1.65. The van der Waals surface area contributed by atoms with Crippen LogP contribution in [0, 0.1) is 5.41 Å². The molecule has 0 unspecified atom stereocenters. The fraction of sp³-hybridized carbons (Fsp3) is 0.107. The summed E-state index contributed by atoms with van der Waals surface area (Å²) in [6, 6.07) is 22.7. The van der Waals surface area contributed by atoms with Gasteiger partial charge in [0.15, 0.2) is 16.7 Å². The quantitative estimate of drug-likeness (QED) is 0.253. The molecule has 0 fully saturated rings. The molecule has 0 aliphatic carbocycles. The Morgan fingerprint density at radius 1 is 1.00 bits per heavy atom. The maximum atomic E-state index is 12.8. The molecule has 3 aromatic rings. The first kappa shape index (κ1) is 24.9. The molecule has 0 radical (unpaired) electrons. The molecule has 1 amide bonds. The lowest BCUT2D eigenvalue weighted by Gasteiger charge is -2.27. The first-order valence-electron chi connectivity index (χ1n) is 11.4. The van der Waals surface area contributed by atoms with E-state index in [9.17, 15) is 4.79 Å². The van der Waals surface area contributed by atoms with Crippen molar-refractivity contribution in [2.24, 2.45) is 4.99 Å². The number of rotatable bonds is 8.